The van der Waals surface area contributed by atoms with Gasteiger partial charge in [-0.1, -0.05) is 0 Å². The van der Waals surface area contributed by atoms with Gasteiger partial charge in [-0.3, -0.25) is 0 Å². The Labute approximate surface area is 104 Å². The van der Waals surface area contributed by atoms with Crippen LogP contribution in [0.15, 0.2) is 22.1 Å². The topological polar surface area (TPSA) is 47.3 Å². The third-order valence-corrected chi connectivity index (χ3v) is 3.66. The Morgan fingerprint density at radius 1 is 1.59 bits per heavy atom. The average Bonchev–Trinajstić information content (AvgIpc) is 2.89. The molecule has 1 saturated carbocycles. The number of nitrogens with zero attached hydrogens (tertiary/aromatic N) is 1. The number of hydrogen-bond acceptors (Lipinski definition) is 5. The lowest BCUT2D eigenvalue weighted by Gasteiger charge is -1.99. The van der Waals surface area contributed by atoms with E-state index in [-0.39, 0.29) is 0 Å². The lowest BCUT2D eigenvalue weighted by atomic mass is 10.4. The van der Waals surface area contributed by atoms with E-state index < -0.39 is 0 Å². The van der Waals surface area contributed by atoms with E-state index in [1.165, 1.54) is 12.8 Å². The van der Waals surface area contributed by atoms with E-state index >= 15 is 0 Å². The number of oxazole rings is 1. The highest BCUT2D eigenvalue weighted by Crippen LogP contribution is 2.35. The summed E-state index contributed by atoms with van der Waals surface area (Å²) in [7, 11) is 1.66. The van der Waals surface area contributed by atoms with Crippen molar-refractivity contribution in [2.24, 2.45) is 0 Å². The first-order valence-corrected chi connectivity index (χ1v) is 6.54. The van der Waals surface area contributed by atoms with E-state index in [1.54, 1.807) is 24.6 Å². The van der Waals surface area contributed by atoms with E-state index in [0.717, 1.165) is 22.3 Å². The molecule has 90 valence electrons. The number of ether oxygens (including phenoxy) is 1. The zero-order chi connectivity index (χ0) is 11.7. The predicted octanol–water partition coefficient (Wildman–Crippen LogP) is 2.66. The fourth-order valence-corrected chi connectivity index (χ4v) is 2.46. The summed E-state index contributed by atoms with van der Waals surface area (Å²) in [4.78, 5) is 5.27. The van der Waals surface area contributed by atoms with Gasteiger partial charge in [-0.25, -0.2) is 4.98 Å². The molecule has 0 bridgehead atoms. The highest BCUT2D eigenvalue weighted by molar-refractivity contribution is 7.13. The molecule has 17 heavy (non-hydrogen) atoms. The van der Waals surface area contributed by atoms with Crippen LogP contribution in [0.3, 0.4) is 0 Å². The van der Waals surface area contributed by atoms with Crippen molar-refractivity contribution >= 4 is 11.3 Å². The van der Waals surface area contributed by atoms with Gasteiger partial charge in [0, 0.05) is 6.04 Å². The highest BCUT2D eigenvalue weighted by atomic mass is 32.1. The number of methoxy groups -OCH3 is 1. The summed E-state index contributed by atoms with van der Waals surface area (Å²) in [5, 5.41) is 5.36. The van der Waals surface area contributed by atoms with Gasteiger partial charge in [-0.05, 0) is 24.3 Å². The maximum atomic E-state index is 5.71. The van der Waals surface area contributed by atoms with Crippen molar-refractivity contribution in [3.8, 4) is 16.4 Å². The van der Waals surface area contributed by atoms with Crippen LogP contribution in [0.2, 0.25) is 0 Å². The smallest absolute Gasteiger partial charge is 0.208 e. The van der Waals surface area contributed by atoms with Gasteiger partial charge in [0.2, 0.25) is 5.89 Å². The maximum Gasteiger partial charge on any atom is 0.208 e. The molecule has 0 saturated heterocycles. The molecule has 0 spiro atoms. The molecular formula is C12H14N2O2S. The van der Waals surface area contributed by atoms with Crippen molar-refractivity contribution in [1.29, 1.82) is 0 Å². The molecule has 0 atom stereocenters. The van der Waals surface area contributed by atoms with Crippen LogP contribution < -0.4 is 10.1 Å². The second kappa shape index (κ2) is 4.50. The Hall–Kier alpha value is -1.33. The zero-order valence-electron chi connectivity index (χ0n) is 9.60. The van der Waals surface area contributed by atoms with Gasteiger partial charge in [-0.2, -0.15) is 0 Å². The van der Waals surface area contributed by atoms with Crippen molar-refractivity contribution in [2.75, 3.05) is 7.11 Å². The first-order valence-electron chi connectivity index (χ1n) is 5.67. The number of thiophene rings is 1. The van der Waals surface area contributed by atoms with Crippen LogP contribution in [0.25, 0.3) is 10.6 Å². The molecule has 2 aromatic rings. The normalized spacial score (nSPS) is 15.1. The maximum absolute atomic E-state index is 5.71. The van der Waals surface area contributed by atoms with Crippen molar-refractivity contribution in [3.05, 3.63) is 23.5 Å². The molecule has 0 radical (unpaired) electrons. The summed E-state index contributed by atoms with van der Waals surface area (Å²) in [6.07, 6.45) is 4.30. The lowest BCUT2D eigenvalue weighted by Crippen LogP contribution is -2.15. The minimum atomic E-state index is 0.668. The second-order valence-corrected chi connectivity index (χ2v) is 5.01. The fraction of sp³-hybridized carbons (Fsp3) is 0.417. The van der Waals surface area contributed by atoms with Gasteiger partial charge in [0.25, 0.3) is 0 Å². The molecule has 1 fully saturated rings. The number of hydrogen-bond donors (Lipinski definition) is 1. The quantitative estimate of drug-likeness (QED) is 0.886. The summed E-state index contributed by atoms with van der Waals surface area (Å²) < 4.78 is 11.0. The van der Waals surface area contributed by atoms with Gasteiger partial charge >= 0.3 is 0 Å². The van der Waals surface area contributed by atoms with Crippen LogP contribution in [-0.2, 0) is 6.54 Å². The van der Waals surface area contributed by atoms with Crippen LogP contribution in [0.4, 0.5) is 0 Å². The third kappa shape index (κ3) is 2.35. The predicted molar refractivity (Wildman–Crippen MR) is 66.2 cm³/mol. The van der Waals surface area contributed by atoms with Crippen LogP contribution in [0.1, 0.15) is 18.7 Å². The summed E-state index contributed by atoms with van der Waals surface area (Å²) >= 11 is 1.60. The molecule has 2 heterocycles. The van der Waals surface area contributed by atoms with Crippen molar-refractivity contribution in [3.63, 3.8) is 0 Å². The summed E-state index contributed by atoms with van der Waals surface area (Å²) in [5.41, 5.74) is 0. The summed E-state index contributed by atoms with van der Waals surface area (Å²) in [6, 6.07) is 2.60. The van der Waals surface area contributed by atoms with Crippen molar-refractivity contribution in [2.45, 2.75) is 25.4 Å². The Morgan fingerprint density at radius 3 is 3.24 bits per heavy atom. The van der Waals surface area contributed by atoms with E-state index in [4.69, 9.17) is 9.15 Å². The largest absolute Gasteiger partial charge is 0.495 e. The molecule has 0 aliphatic heterocycles. The standard InChI is InChI=1S/C12H14N2O2S/c1-15-9-4-5-17-12(9)10-6-14-11(16-10)7-13-8-2-3-8/h4-6,8,13H,2-3,7H2,1H3. The van der Waals surface area contributed by atoms with E-state index in [9.17, 15) is 0 Å². The van der Waals surface area contributed by atoms with E-state index in [2.05, 4.69) is 10.3 Å². The van der Waals surface area contributed by atoms with Gasteiger partial charge < -0.3 is 14.5 Å². The molecular weight excluding hydrogens is 236 g/mol. The number of rotatable bonds is 5. The molecule has 1 aliphatic carbocycles. The SMILES string of the molecule is COc1ccsc1-c1cnc(CNC2CC2)o1. The molecule has 1 N–H and O–H groups in total. The van der Waals surface area contributed by atoms with Gasteiger partial charge in [-0.15, -0.1) is 11.3 Å². The van der Waals surface area contributed by atoms with Crippen LogP contribution in [-0.4, -0.2) is 18.1 Å². The summed E-state index contributed by atoms with van der Waals surface area (Å²) in [6.45, 7) is 0.707. The molecule has 0 aromatic carbocycles. The molecule has 2 aromatic heterocycles. The fourth-order valence-electron chi connectivity index (χ4n) is 1.65. The van der Waals surface area contributed by atoms with Gasteiger partial charge in [0.1, 0.15) is 10.6 Å². The molecule has 1 aliphatic rings. The zero-order valence-corrected chi connectivity index (χ0v) is 10.4. The Balaban J connectivity index is 1.74. The first-order chi connectivity index (χ1) is 8.36. The van der Waals surface area contributed by atoms with Gasteiger partial charge in [0.15, 0.2) is 5.76 Å². The van der Waals surface area contributed by atoms with Crippen molar-refractivity contribution < 1.29 is 9.15 Å². The highest BCUT2D eigenvalue weighted by Gasteiger charge is 2.21. The molecule has 3 rings (SSSR count). The number of nitrogens with one attached hydrogen (secondary N) is 1. The van der Waals surface area contributed by atoms with Crippen LogP contribution in [0, 0.1) is 0 Å². The molecule has 0 amide bonds. The monoisotopic (exact) mass is 250 g/mol. The Bertz CT molecular complexity index is 502. The Morgan fingerprint density at radius 2 is 2.47 bits per heavy atom. The minimum Gasteiger partial charge on any atom is -0.495 e. The lowest BCUT2D eigenvalue weighted by molar-refractivity contribution is 0.415. The van der Waals surface area contributed by atoms with Crippen LogP contribution >= 0.6 is 11.3 Å². The van der Waals surface area contributed by atoms with E-state index in [0.29, 0.717) is 12.6 Å². The van der Waals surface area contributed by atoms with Gasteiger partial charge in [0.05, 0.1) is 19.9 Å². The molecule has 0 unspecified atom stereocenters. The van der Waals surface area contributed by atoms with Crippen LogP contribution in [0.5, 0.6) is 5.75 Å². The Kier molecular flexibility index (Phi) is 2.86. The molecule has 4 nitrogen and oxygen atoms in total. The van der Waals surface area contributed by atoms with Crippen molar-refractivity contribution in [1.82, 2.24) is 10.3 Å². The average molecular weight is 250 g/mol. The second-order valence-electron chi connectivity index (χ2n) is 4.09. The molecule has 5 heteroatoms. The summed E-state index contributed by atoms with van der Waals surface area (Å²) in [5.74, 6) is 2.36. The number of aromatic nitrogens is 1. The minimum absolute atomic E-state index is 0.668. The van der Waals surface area contributed by atoms with E-state index in [1.807, 2.05) is 11.4 Å². The first kappa shape index (κ1) is 10.8. The third-order valence-electron chi connectivity index (χ3n) is 2.75.